The summed E-state index contributed by atoms with van der Waals surface area (Å²) in [6, 6.07) is 36.0. The van der Waals surface area contributed by atoms with Crippen molar-refractivity contribution in [1.29, 1.82) is 0 Å². The van der Waals surface area contributed by atoms with Gasteiger partial charge >= 0.3 is 0 Å². The average Bonchev–Trinajstić information content (AvgIpc) is 3.52. The standard InChI is InChI=1S/C37H25N3/c1-37(2)30-19-26(22-7-9-23(10-8-22)32-21-40-18-4-17-38-36(40)39-32)14-15-28(30)35-29-16-13-25-6-3-5-24-11-12-27(20-31(35)37)34(29)33(24)25/h3-21H,1-2H3. The van der Waals surface area contributed by atoms with E-state index in [-0.39, 0.29) is 5.41 Å². The molecule has 0 radical (unpaired) electrons. The van der Waals surface area contributed by atoms with E-state index >= 15 is 0 Å². The van der Waals surface area contributed by atoms with Crippen molar-refractivity contribution in [3.63, 3.8) is 0 Å². The minimum atomic E-state index is -0.0887. The normalized spacial score (nSPS) is 13.9. The molecular weight excluding hydrogens is 486 g/mol. The van der Waals surface area contributed by atoms with E-state index in [1.807, 2.05) is 22.9 Å². The van der Waals surface area contributed by atoms with Crippen LogP contribution in [-0.2, 0) is 5.41 Å². The minimum Gasteiger partial charge on any atom is -0.291 e. The highest BCUT2D eigenvalue weighted by Crippen LogP contribution is 2.54. The number of hydrogen-bond donors (Lipinski definition) is 0. The molecule has 1 aliphatic rings. The second-order valence-corrected chi connectivity index (χ2v) is 11.6. The van der Waals surface area contributed by atoms with Crippen LogP contribution in [0.25, 0.3) is 71.6 Å². The summed E-state index contributed by atoms with van der Waals surface area (Å²) in [4.78, 5) is 9.04. The van der Waals surface area contributed by atoms with Gasteiger partial charge in [-0.1, -0.05) is 92.7 Å². The Morgan fingerprint density at radius 1 is 0.650 bits per heavy atom. The van der Waals surface area contributed by atoms with E-state index in [1.54, 1.807) is 6.20 Å². The number of hydrogen-bond acceptors (Lipinski definition) is 2. The molecule has 9 rings (SSSR count). The smallest absolute Gasteiger partial charge is 0.234 e. The van der Waals surface area contributed by atoms with Gasteiger partial charge in [-0.3, -0.25) is 4.40 Å². The fourth-order valence-electron chi connectivity index (χ4n) is 7.00. The van der Waals surface area contributed by atoms with Gasteiger partial charge in [0, 0.05) is 29.6 Å². The number of imidazole rings is 1. The molecule has 6 aromatic carbocycles. The summed E-state index contributed by atoms with van der Waals surface area (Å²) in [5.41, 5.74) is 9.95. The van der Waals surface area contributed by atoms with Gasteiger partial charge in [-0.05, 0) is 83.9 Å². The minimum absolute atomic E-state index is 0.0887. The summed E-state index contributed by atoms with van der Waals surface area (Å²) in [5.74, 6) is 0.716. The van der Waals surface area contributed by atoms with Crippen LogP contribution in [0.2, 0.25) is 0 Å². The van der Waals surface area contributed by atoms with E-state index < -0.39 is 0 Å². The molecular formula is C37H25N3. The van der Waals surface area contributed by atoms with Crippen molar-refractivity contribution in [2.24, 2.45) is 0 Å². The number of benzene rings is 6. The number of nitrogens with zero attached hydrogens (tertiary/aromatic N) is 3. The topological polar surface area (TPSA) is 30.2 Å². The third-order valence-electron chi connectivity index (χ3n) is 9.03. The quantitative estimate of drug-likeness (QED) is 0.217. The van der Waals surface area contributed by atoms with Crippen molar-refractivity contribution >= 4 is 38.1 Å². The SMILES string of the molecule is CC1(C)c2cc(-c3ccc(-c4cn5cccnc5n4)cc3)ccc2-c2c1cc1ccc3cccc4ccc2c1c34. The largest absolute Gasteiger partial charge is 0.291 e. The molecule has 40 heavy (non-hydrogen) atoms. The van der Waals surface area contributed by atoms with E-state index in [2.05, 4.69) is 115 Å². The summed E-state index contributed by atoms with van der Waals surface area (Å²) in [6.07, 6.45) is 5.78. The zero-order valence-corrected chi connectivity index (χ0v) is 22.3. The molecule has 0 unspecified atom stereocenters. The molecule has 2 heterocycles. The van der Waals surface area contributed by atoms with Crippen LogP contribution >= 0.6 is 0 Å². The van der Waals surface area contributed by atoms with Gasteiger partial charge in [0.05, 0.1) is 5.69 Å². The van der Waals surface area contributed by atoms with Crippen molar-refractivity contribution in [3.05, 3.63) is 127 Å². The van der Waals surface area contributed by atoms with Crippen LogP contribution in [0, 0.1) is 0 Å². The molecule has 0 saturated heterocycles. The molecule has 1 aliphatic carbocycles. The maximum absolute atomic E-state index is 4.68. The fourth-order valence-corrected chi connectivity index (χ4v) is 7.00. The zero-order chi connectivity index (χ0) is 26.6. The Labute approximate surface area is 231 Å². The Bertz CT molecular complexity index is 2240. The van der Waals surface area contributed by atoms with Gasteiger partial charge < -0.3 is 0 Å². The molecule has 3 heteroatoms. The second-order valence-electron chi connectivity index (χ2n) is 11.6. The molecule has 8 aromatic rings. The molecule has 0 amide bonds. The highest BCUT2D eigenvalue weighted by Gasteiger charge is 2.37. The Morgan fingerprint density at radius 3 is 2.23 bits per heavy atom. The first-order valence-corrected chi connectivity index (χ1v) is 13.8. The van der Waals surface area contributed by atoms with E-state index in [0.717, 1.165) is 11.3 Å². The van der Waals surface area contributed by atoms with Crippen LogP contribution in [0.3, 0.4) is 0 Å². The predicted octanol–water partition coefficient (Wildman–Crippen LogP) is 9.27. The van der Waals surface area contributed by atoms with Crippen LogP contribution in [0.15, 0.2) is 116 Å². The predicted molar refractivity (Wildman–Crippen MR) is 165 cm³/mol. The lowest BCUT2D eigenvalue weighted by Crippen LogP contribution is -2.15. The van der Waals surface area contributed by atoms with Gasteiger partial charge in [0.1, 0.15) is 0 Å². The Hall–Kier alpha value is -5.02. The molecule has 0 spiro atoms. The van der Waals surface area contributed by atoms with Gasteiger partial charge in [-0.25, -0.2) is 9.97 Å². The molecule has 2 aromatic heterocycles. The highest BCUT2D eigenvalue weighted by atomic mass is 15.1. The zero-order valence-electron chi connectivity index (χ0n) is 22.3. The highest BCUT2D eigenvalue weighted by molar-refractivity contribution is 6.26. The summed E-state index contributed by atoms with van der Waals surface area (Å²) >= 11 is 0. The van der Waals surface area contributed by atoms with Crippen molar-refractivity contribution in [1.82, 2.24) is 14.4 Å². The molecule has 3 nitrogen and oxygen atoms in total. The van der Waals surface area contributed by atoms with E-state index in [4.69, 9.17) is 0 Å². The first-order valence-electron chi connectivity index (χ1n) is 13.8. The van der Waals surface area contributed by atoms with E-state index in [1.165, 1.54) is 65.7 Å². The number of fused-ring (bicyclic) bond motifs is 5. The first kappa shape index (κ1) is 21.9. The molecule has 188 valence electrons. The van der Waals surface area contributed by atoms with Gasteiger partial charge in [0.15, 0.2) is 0 Å². The van der Waals surface area contributed by atoms with Crippen LogP contribution in [0.1, 0.15) is 25.0 Å². The number of rotatable bonds is 2. The number of aromatic nitrogens is 3. The average molecular weight is 512 g/mol. The van der Waals surface area contributed by atoms with Crippen LogP contribution in [-0.4, -0.2) is 14.4 Å². The Morgan fingerprint density at radius 2 is 1.40 bits per heavy atom. The monoisotopic (exact) mass is 511 g/mol. The van der Waals surface area contributed by atoms with E-state index in [0.29, 0.717) is 5.78 Å². The lowest BCUT2D eigenvalue weighted by molar-refractivity contribution is 0.661. The van der Waals surface area contributed by atoms with Gasteiger partial charge in [0.25, 0.3) is 0 Å². The summed E-state index contributed by atoms with van der Waals surface area (Å²) in [5, 5.41) is 8.09. The van der Waals surface area contributed by atoms with Gasteiger partial charge in [-0.15, -0.1) is 0 Å². The van der Waals surface area contributed by atoms with Gasteiger partial charge in [-0.2, -0.15) is 0 Å². The summed E-state index contributed by atoms with van der Waals surface area (Å²) in [7, 11) is 0. The molecule has 0 aliphatic heterocycles. The van der Waals surface area contributed by atoms with Gasteiger partial charge in [0.2, 0.25) is 5.78 Å². The third kappa shape index (κ3) is 2.84. The van der Waals surface area contributed by atoms with Crippen molar-refractivity contribution in [2.75, 3.05) is 0 Å². The van der Waals surface area contributed by atoms with Crippen LogP contribution in [0.4, 0.5) is 0 Å². The second kappa shape index (κ2) is 7.55. The van der Waals surface area contributed by atoms with Crippen LogP contribution in [0.5, 0.6) is 0 Å². The van der Waals surface area contributed by atoms with Crippen molar-refractivity contribution in [2.45, 2.75) is 19.3 Å². The fraction of sp³-hybridized carbons (Fsp3) is 0.0811. The molecule has 0 atom stereocenters. The Kier molecular flexibility index (Phi) is 4.13. The lowest BCUT2D eigenvalue weighted by atomic mass is 9.80. The van der Waals surface area contributed by atoms with Crippen molar-refractivity contribution in [3.8, 4) is 33.5 Å². The van der Waals surface area contributed by atoms with E-state index in [9.17, 15) is 0 Å². The van der Waals surface area contributed by atoms with Crippen LogP contribution < -0.4 is 0 Å². The molecule has 0 bridgehead atoms. The maximum atomic E-state index is 4.68. The first-order chi connectivity index (χ1) is 19.6. The summed E-state index contributed by atoms with van der Waals surface area (Å²) in [6.45, 7) is 4.75. The Balaban J connectivity index is 1.19. The molecule has 0 fully saturated rings. The lowest BCUT2D eigenvalue weighted by Gasteiger charge is -2.23. The van der Waals surface area contributed by atoms with Crippen molar-refractivity contribution < 1.29 is 0 Å². The maximum Gasteiger partial charge on any atom is 0.234 e. The third-order valence-corrected chi connectivity index (χ3v) is 9.03. The molecule has 0 N–H and O–H groups in total. The summed E-state index contributed by atoms with van der Waals surface area (Å²) < 4.78 is 1.96. The molecule has 0 saturated carbocycles.